The lowest BCUT2D eigenvalue weighted by Gasteiger charge is -2.23. The number of hydrogen-bond acceptors (Lipinski definition) is 4. The SMILES string of the molecule is CC1(C)OC[C@H]([C@H]2OC(C)(C)O[C@@H]2CCCCc2ccccc2)O1. The predicted molar refractivity (Wildman–Crippen MR) is 92.7 cm³/mol. The molecule has 3 rings (SSSR count). The van der Waals surface area contributed by atoms with Gasteiger partial charge in [-0.25, -0.2) is 0 Å². The molecule has 1 aromatic rings. The lowest BCUT2D eigenvalue weighted by molar-refractivity contribution is -0.174. The van der Waals surface area contributed by atoms with Crippen LogP contribution in [0.25, 0.3) is 0 Å². The zero-order valence-corrected chi connectivity index (χ0v) is 15.3. The lowest BCUT2D eigenvalue weighted by Crippen LogP contribution is -2.38. The molecular weight excluding hydrogens is 304 g/mol. The molecule has 2 heterocycles. The summed E-state index contributed by atoms with van der Waals surface area (Å²) in [6.45, 7) is 8.42. The molecule has 0 unspecified atom stereocenters. The maximum Gasteiger partial charge on any atom is 0.163 e. The first kappa shape index (κ1) is 17.9. The highest BCUT2D eigenvalue weighted by Crippen LogP contribution is 2.37. The fourth-order valence-electron chi connectivity index (χ4n) is 3.60. The highest BCUT2D eigenvalue weighted by molar-refractivity contribution is 5.14. The van der Waals surface area contributed by atoms with E-state index in [1.807, 2.05) is 27.7 Å². The highest BCUT2D eigenvalue weighted by Gasteiger charge is 2.49. The van der Waals surface area contributed by atoms with Crippen LogP contribution in [0.3, 0.4) is 0 Å². The molecule has 0 radical (unpaired) electrons. The van der Waals surface area contributed by atoms with Gasteiger partial charge in [0.25, 0.3) is 0 Å². The number of hydrogen-bond donors (Lipinski definition) is 0. The van der Waals surface area contributed by atoms with Crippen LogP contribution in [0.1, 0.15) is 52.5 Å². The van der Waals surface area contributed by atoms with Gasteiger partial charge in [-0.3, -0.25) is 0 Å². The average molecular weight is 334 g/mol. The summed E-state index contributed by atoms with van der Waals surface area (Å²) in [7, 11) is 0. The highest BCUT2D eigenvalue weighted by atomic mass is 16.8. The monoisotopic (exact) mass is 334 g/mol. The average Bonchev–Trinajstić information content (AvgIpc) is 3.03. The Labute approximate surface area is 145 Å². The third kappa shape index (κ3) is 4.57. The predicted octanol–water partition coefficient (Wildman–Crippen LogP) is 4.07. The van der Waals surface area contributed by atoms with Crippen LogP contribution >= 0.6 is 0 Å². The maximum atomic E-state index is 6.14. The Bertz CT molecular complexity index is 526. The molecule has 1 aromatic carbocycles. The summed E-state index contributed by atoms with van der Waals surface area (Å²) in [4.78, 5) is 0. The van der Waals surface area contributed by atoms with Crippen molar-refractivity contribution in [1.82, 2.24) is 0 Å². The minimum absolute atomic E-state index is 0.0547. The second kappa shape index (κ2) is 7.12. The number of benzene rings is 1. The lowest BCUT2D eigenvalue weighted by atomic mass is 10.0. The van der Waals surface area contributed by atoms with Gasteiger partial charge in [-0.2, -0.15) is 0 Å². The third-order valence-corrected chi connectivity index (χ3v) is 4.67. The van der Waals surface area contributed by atoms with E-state index in [1.54, 1.807) is 0 Å². The summed E-state index contributed by atoms with van der Waals surface area (Å²) in [6, 6.07) is 10.6. The van der Waals surface area contributed by atoms with Crippen molar-refractivity contribution in [2.75, 3.05) is 6.61 Å². The molecule has 2 aliphatic rings. The van der Waals surface area contributed by atoms with Crippen molar-refractivity contribution >= 4 is 0 Å². The minimum Gasteiger partial charge on any atom is -0.348 e. The normalized spacial score (nSPS) is 31.4. The van der Waals surface area contributed by atoms with E-state index in [0.717, 1.165) is 25.7 Å². The molecule has 0 spiro atoms. The van der Waals surface area contributed by atoms with Crippen molar-refractivity contribution < 1.29 is 18.9 Å². The van der Waals surface area contributed by atoms with Gasteiger partial charge in [0.15, 0.2) is 11.6 Å². The Morgan fingerprint density at radius 2 is 1.67 bits per heavy atom. The van der Waals surface area contributed by atoms with E-state index in [1.165, 1.54) is 5.56 Å². The van der Waals surface area contributed by atoms with Crippen molar-refractivity contribution in [2.45, 2.75) is 83.3 Å². The summed E-state index contributed by atoms with van der Waals surface area (Å²) in [5.41, 5.74) is 1.40. The van der Waals surface area contributed by atoms with E-state index in [2.05, 4.69) is 30.3 Å². The minimum atomic E-state index is -0.551. The maximum absolute atomic E-state index is 6.14. The molecule has 4 heteroatoms. The van der Waals surface area contributed by atoms with Crippen molar-refractivity contribution in [3.63, 3.8) is 0 Å². The Hall–Kier alpha value is -0.940. The van der Waals surface area contributed by atoms with Gasteiger partial charge in [0.05, 0.1) is 12.7 Å². The molecule has 0 bridgehead atoms. The smallest absolute Gasteiger partial charge is 0.163 e. The quantitative estimate of drug-likeness (QED) is 0.735. The number of ether oxygens (including phenoxy) is 4. The van der Waals surface area contributed by atoms with Gasteiger partial charge >= 0.3 is 0 Å². The van der Waals surface area contributed by atoms with Crippen LogP contribution in [0, 0.1) is 0 Å². The molecule has 0 aromatic heterocycles. The third-order valence-electron chi connectivity index (χ3n) is 4.67. The zero-order valence-electron chi connectivity index (χ0n) is 15.3. The molecule has 0 aliphatic carbocycles. The van der Waals surface area contributed by atoms with E-state index >= 15 is 0 Å². The first-order chi connectivity index (χ1) is 11.3. The molecular formula is C20H30O4. The molecule has 2 aliphatic heterocycles. The number of aryl methyl sites for hydroxylation is 1. The summed E-state index contributed by atoms with van der Waals surface area (Å²) in [5.74, 6) is -1.08. The van der Waals surface area contributed by atoms with E-state index in [-0.39, 0.29) is 18.3 Å². The van der Waals surface area contributed by atoms with Gasteiger partial charge < -0.3 is 18.9 Å². The van der Waals surface area contributed by atoms with Crippen LogP contribution in [0.4, 0.5) is 0 Å². The number of unbranched alkanes of at least 4 members (excludes halogenated alkanes) is 1. The second-order valence-corrected chi connectivity index (χ2v) is 7.74. The summed E-state index contributed by atoms with van der Waals surface area (Å²) >= 11 is 0. The topological polar surface area (TPSA) is 36.9 Å². The molecule has 2 fully saturated rings. The van der Waals surface area contributed by atoms with Crippen LogP contribution in [0.5, 0.6) is 0 Å². The van der Waals surface area contributed by atoms with Crippen molar-refractivity contribution in [3.8, 4) is 0 Å². The van der Waals surface area contributed by atoms with E-state index in [0.29, 0.717) is 6.61 Å². The second-order valence-electron chi connectivity index (χ2n) is 7.74. The van der Waals surface area contributed by atoms with Gasteiger partial charge in [0.1, 0.15) is 12.2 Å². The van der Waals surface area contributed by atoms with Crippen molar-refractivity contribution in [1.29, 1.82) is 0 Å². The fourth-order valence-corrected chi connectivity index (χ4v) is 3.60. The van der Waals surface area contributed by atoms with Gasteiger partial charge in [-0.1, -0.05) is 36.8 Å². The molecule has 0 amide bonds. The summed E-state index contributed by atoms with van der Waals surface area (Å²) in [5, 5.41) is 0. The van der Waals surface area contributed by atoms with Gasteiger partial charge in [-0.15, -0.1) is 0 Å². The molecule has 134 valence electrons. The Balaban J connectivity index is 1.51. The molecule has 0 N–H and O–H groups in total. The molecule has 4 nitrogen and oxygen atoms in total. The van der Waals surface area contributed by atoms with Gasteiger partial charge in [0, 0.05) is 0 Å². The van der Waals surface area contributed by atoms with E-state index in [9.17, 15) is 0 Å². The Kier molecular flexibility index (Phi) is 5.30. The summed E-state index contributed by atoms with van der Waals surface area (Å²) in [6.07, 6.45) is 4.33. The fraction of sp³-hybridized carbons (Fsp3) is 0.700. The Morgan fingerprint density at radius 3 is 2.33 bits per heavy atom. The summed E-state index contributed by atoms with van der Waals surface area (Å²) < 4.78 is 24.0. The first-order valence-corrected chi connectivity index (χ1v) is 9.06. The van der Waals surface area contributed by atoms with Crippen LogP contribution in [0.2, 0.25) is 0 Å². The van der Waals surface area contributed by atoms with Crippen LogP contribution in [-0.4, -0.2) is 36.5 Å². The van der Waals surface area contributed by atoms with Gasteiger partial charge in [0.2, 0.25) is 0 Å². The first-order valence-electron chi connectivity index (χ1n) is 9.06. The number of rotatable bonds is 6. The largest absolute Gasteiger partial charge is 0.348 e. The molecule has 0 saturated carbocycles. The molecule has 24 heavy (non-hydrogen) atoms. The van der Waals surface area contributed by atoms with Crippen molar-refractivity contribution in [3.05, 3.63) is 35.9 Å². The van der Waals surface area contributed by atoms with Crippen molar-refractivity contribution in [2.24, 2.45) is 0 Å². The van der Waals surface area contributed by atoms with Crippen LogP contribution < -0.4 is 0 Å². The van der Waals surface area contributed by atoms with Gasteiger partial charge in [-0.05, 0) is 52.5 Å². The van der Waals surface area contributed by atoms with E-state index in [4.69, 9.17) is 18.9 Å². The van der Waals surface area contributed by atoms with Crippen LogP contribution in [0.15, 0.2) is 30.3 Å². The standard InChI is InChI=1S/C20H30O4/c1-19(2)21-14-17(23-19)18-16(22-20(3,4)24-18)13-9-8-12-15-10-6-5-7-11-15/h5-7,10-11,16-18H,8-9,12-14H2,1-4H3/t16-,17-,18+/m1/s1. The molecule has 3 atom stereocenters. The van der Waals surface area contributed by atoms with E-state index < -0.39 is 11.6 Å². The zero-order chi connectivity index (χ0) is 17.2. The Morgan fingerprint density at radius 1 is 0.917 bits per heavy atom. The molecule has 2 saturated heterocycles. The van der Waals surface area contributed by atoms with Crippen LogP contribution in [-0.2, 0) is 25.4 Å².